The number of carbonyl (C=O) groups is 2. The first-order chi connectivity index (χ1) is 24.4. The molecule has 0 spiro atoms. The molecule has 1 saturated heterocycles. The Morgan fingerprint density at radius 2 is 1.70 bits per heavy atom. The highest BCUT2D eigenvalue weighted by molar-refractivity contribution is 5.96. The van der Waals surface area contributed by atoms with E-state index in [1.807, 2.05) is 80.6 Å². The van der Waals surface area contributed by atoms with E-state index in [0.29, 0.717) is 55.8 Å². The van der Waals surface area contributed by atoms with Crippen LogP contribution in [0.2, 0.25) is 0 Å². The number of hydrogen-bond donors (Lipinski definition) is 2. The second kappa shape index (κ2) is 18.7. The molecule has 0 atom stereocenters. The lowest BCUT2D eigenvalue weighted by Crippen LogP contribution is -2.31. The summed E-state index contributed by atoms with van der Waals surface area (Å²) < 4.78 is 17.1. The first-order valence-corrected chi connectivity index (χ1v) is 17.4. The predicted octanol–water partition coefficient (Wildman–Crippen LogP) is 7.12. The van der Waals surface area contributed by atoms with Gasteiger partial charge in [-0.2, -0.15) is 4.98 Å². The number of piperidine rings is 1. The molecule has 11 nitrogen and oxygen atoms in total. The maximum absolute atomic E-state index is 14.0. The fourth-order valence-electron chi connectivity index (χ4n) is 5.90. The first kappa shape index (κ1) is 36.3. The predicted molar refractivity (Wildman–Crippen MR) is 196 cm³/mol. The van der Waals surface area contributed by atoms with Gasteiger partial charge in [-0.3, -0.25) is 4.79 Å². The Hall–Kier alpha value is -5.00. The molecule has 0 radical (unpaired) electrons. The van der Waals surface area contributed by atoms with Gasteiger partial charge < -0.3 is 29.7 Å². The summed E-state index contributed by atoms with van der Waals surface area (Å²) in [5.74, 6) is 1.80. The van der Waals surface area contributed by atoms with Crippen LogP contribution in [0.15, 0.2) is 79.0 Å². The fourth-order valence-corrected chi connectivity index (χ4v) is 5.90. The summed E-state index contributed by atoms with van der Waals surface area (Å²) in [4.78, 5) is 39.5. The zero-order chi connectivity index (χ0) is 35.1. The van der Waals surface area contributed by atoms with Crippen molar-refractivity contribution in [3.8, 4) is 11.5 Å². The summed E-state index contributed by atoms with van der Waals surface area (Å²) in [6.07, 6.45) is 6.62. The van der Waals surface area contributed by atoms with Gasteiger partial charge in [0.05, 0.1) is 18.9 Å². The van der Waals surface area contributed by atoms with Gasteiger partial charge in [0, 0.05) is 50.6 Å². The average molecular weight is 681 g/mol. The smallest absolute Gasteiger partial charge is 0.425 e. The highest BCUT2D eigenvalue weighted by Gasteiger charge is 2.24. The van der Waals surface area contributed by atoms with Crippen molar-refractivity contribution < 1.29 is 23.8 Å². The van der Waals surface area contributed by atoms with E-state index in [0.717, 1.165) is 41.1 Å². The highest BCUT2D eigenvalue weighted by Crippen LogP contribution is 2.30. The number of hydrogen-bond acceptors (Lipinski definition) is 9. The number of para-hydroxylation sites is 1. The molecule has 264 valence electrons. The van der Waals surface area contributed by atoms with Crippen molar-refractivity contribution in [1.82, 2.24) is 20.2 Å². The van der Waals surface area contributed by atoms with Crippen LogP contribution < -0.4 is 25.0 Å². The number of benzene rings is 3. The monoisotopic (exact) mass is 680 g/mol. The van der Waals surface area contributed by atoms with Crippen molar-refractivity contribution in [2.75, 3.05) is 56.7 Å². The lowest BCUT2D eigenvalue weighted by molar-refractivity contribution is -0.121. The van der Waals surface area contributed by atoms with E-state index in [1.54, 1.807) is 19.4 Å². The molecule has 1 aliphatic heterocycles. The third-order valence-corrected chi connectivity index (χ3v) is 8.51. The fraction of sp³-hybridized carbons (Fsp3) is 0.385. The molecule has 0 saturated carbocycles. The summed E-state index contributed by atoms with van der Waals surface area (Å²) in [7, 11) is 1.59. The maximum Gasteiger partial charge on any atom is 0.425 e. The lowest BCUT2D eigenvalue weighted by atomic mass is 10.1. The van der Waals surface area contributed by atoms with Crippen molar-refractivity contribution in [2.24, 2.45) is 0 Å². The minimum atomic E-state index is -0.624. The molecule has 1 fully saturated rings. The summed E-state index contributed by atoms with van der Waals surface area (Å²) in [5, 5.41) is 6.11. The maximum atomic E-state index is 14.0. The van der Waals surface area contributed by atoms with E-state index in [2.05, 4.69) is 20.5 Å². The van der Waals surface area contributed by atoms with Crippen molar-refractivity contribution in [1.29, 1.82) is 0 Å². The number of nitrogens with zero attached hydrogens (tertiary/aromatic N) is 4. The normalized spacial score (nSPS) is 13.0. The molecular weight excluding hydrogens is 632 g/mol. The van der Waals surface area contributed by atoms with Crippen LogP contribution in [0.5, 0.6) is 11.5 Å². The molecule has 1 aromatic heterocycles. The summed E-state index contributed by atoms with van der Waals surface area (Å²) in [6, 6.07) is 22.5. The minimum absolute atomic E-state index is 0.0721. The van der Waals surface area contributed by atoms with Gasteiger partial charge in [0.2, 0.25) is 11.9 Å². The van der Waals surface area contributed by atoms with Crippen molar-refractivity contribution >= 4 is 35.1 Å². The van der Waals surface area contributed by atoms with Crippen LogP contribution in [0.25, 0.3) is 0 Å². The van der Waals surface area contributed by atoms with Crippen LogP contribution in [-0.4, -0.2) is 73.4 Å². The molecule has 0 unspecified atom stereocenters. The molecule has 4 aromatic rings. The highest BCUT2D eigenvalue weighted by atomic mass is 16.6. The van der Waals surface area contributed by atoms with Crippen molar-refractivity contribution in [2.45, 2.75) is 52.4 Å². The van der Waals surface area contributed by atoms with Gasteiger partial charge in [-0.05, 0) is 93.6 Å². The first-order valence-electron chi connectivity index (χ1n) is 17.4. The molecule has 3 aromatic carbocycles. The minimum Gasteiger partial charge on any atom is -0.493 e. The zero-order valence-corrected chi connectivity index (χ0v) is 29.3. The van der Waals surface area contributed by atoms with Crippen LogP contribution >= 0.6 is 0 Å². The Balaban J connectivity index is 1.32. The molecule has 1 aliphatic rings. The Bertz CT molecular complexity index is 1690. The van der Waals surface area contributed by atoms with Gasteiger partial charge in [-0.1, -0.05) is 42.8 Å². The molecule has 50 heavy (non-hydrogen) atoms. The van der Waals surface area contributed by atoms with Gasteiger partial charge in [0.1, 0.15) is 17.3 Å². The topological polar surface area (TPSA) is 118 Å². The van der Waals surface area contributed by atoms with Gasteiger partial charge in [-0.25, -0.2) is 14.7 Å². The van der Waals surface area contributed by atoms with Crippen molar-refractivity contribution in [3.63, 3.8) is 0 Å². The van der Waals surface area contributed by atoms with E-state index in [9.17, 15) is 9.59 Å². The Morgan fingerprint density at radius 3 is 2.50 bits per heavy atom. The number of methoxy groups -OCH3 is 1. The molecule has 2 N–H and O–H groups in total. The number of ether oxygens (including phenoxy) is 3. The number of nitrogens with one attached hydrogen (secondary N) is 2. The van der Waals surface area contributed by atoms with Gasteiger partial charge in [0.25, 0.3) is 0 Å². The summed E-state index contributed by atoms with van der Waals surface area (Å²) >= 11 is 0. The largest absolute Gasteiger partial charge is 0.493 e. The van der Waals surface area contributed by atoms with Crippen molar-refractivity contribution in [3.05, 3.63) is 95.7 Å². The summed E-state index contributed by atoms with van der Waals surface area (Å²) in [6.45, 7) is 8.75. The number of anilines is 4. The molecule has 2 amide bonds. The molecule has 0 aliphatic carbocycles. The number of rotatable bonds is 16. The molecular formula is C39H48N6O5. The van der Waals surface area contributed by atoms with Gasteiger partial charge in [0.15, 0.2) is 0 Å². The molecule has 0 bridgehead atoms. The molecule has 2 heterocycles. The Labute approximate surface area is 295 Å². The third-order valence-electron chi connectivity index (χ3n) is 8.51. The van der Waals surface area contributed by atoms with E-state index in [1.165, 1.54) is 37.3 Å². The number of likely N-dealkylation sites (tertiary alicyclic amines) is 1. The second-order valence-electron chi connectivity index (χ2n) is 12.4. The Kier molecular flexibility index (Phi) is 13.6. The van der Waals surface area contributed by atoms with Crippen LogP contribution in [0.3, 0.4) is 0 Å². The van der Waals surface area contributed by atoms with E-state index in [-0.39, 0.29) is 5.91 Å². The Morgan fingerprint density at radius 1 is 0.920 bits per heavy atom. The van der Waals surface area contributed by atoms with Gasteiger partial charge >= 0.3 is 6.09 Å². The summed E-state index contributed by atoms with van der Waals surface area (Å²) in [5.41, 5.74) is 3.86. The molecule has 5 rings (SSSR count). The SMILES string of the molecule is COCCNC(=O)CCc1cccc(N(C(=O)Oc2c(C)cccc2C)c2ccnc(Nc3cccc(OCCCN4CCCCC4)c3)n2)c1. The third kappa shape index (κ3) is 10.8. The number of amides is 2. The quantitative estimate of drug-likeness (QED) is 0.119. The van der Waals surface area contributed by atoms with Crippen LogP contribution in [-0.2, 0) is 16.0 Å². The number of carbonyl (C=O) groups excluding carboxylic acids is 2. The molecule has 11 heteroatoms. The van der Waals surface area contributed by atoms with Crippen LogP contribution in [0.4, 0.5) is 27.9 Å². The number of aryl methyl sites for hydroxylation is 3. The van der Waals surface area contributed by atoms with E-state index >= 15 is 0 Å². The van der Waals surface area contributed by atoms with Crippen LogP contribution in [0, 0.1) is 13.8 Å². The van der Waals surface area contributed by atoms with Gasteiger partial charge in [-0.15, -0.1) is 0 Å². The number of aromatic nitrogens is 2. The lowest BCUT2D eigenvalue weighted by Gasteiger charge is -2.26. The zero-order valence-electron chi connectivity index (χ0n) is 29.3. The van der Waals surface area contributed by atoms with Crippen LogP contribution in [0.1, 0.15) is 48.8 Å². The van der Waals surface area contributed by atoms with E-state index < -0.39 is 6.09 Å². The second-order valence-corrected chi connectivity index (χ2v) is 12.4. The van der Waals surface area contributed by atoms with E-state index in [4.69, 9.17) is 19.2 Å². The average Bonchev–Trinajstić information content (AvgIpc) is 3.12. The standard InChI is InChI=1S/C39H48N6O5/c1-29-11-7-12-30(2)37(29)50-39(47)45(33-15-8-13-31(27-33)17-18-36(46)40-21-26-48-3)35-19-20-41-38(43-35)42-32-14-9-16-34(28-32)49-25-10-24-44-22-5-4-6-23-44/h7-9,11-16,19-20,27-28H,4-6,10,17-18,21-26H2,1-3H3,(H,40,46)(H,41,42,43).